The molecule has 1 aliphatic rings. The highest BCUT2D eigenvalue weighted by Crippen LogP contribution is 2.22. The van der Waals surface area contributed by atoms with Crippen LogP contribution in [0.3, 0.4) is 0 Å². The van der Waals surface area contributed by atoms with Gasteiger partial charge in [0.05, 0.1) is 0 Å². The van der Waals surface area contributed by atoms with E-state index < -0.39 is 0 Å². The molecule has 0 aromatic heterocycles. The van der Waals surface area contributed by atoms with E-state index in [0.717, 1.165) is 13.0 Å². The molecule has 0 unspecified atom stereocenters. The molecule has 3 nitrogen and oxygen atoms in total. The Labute approximate surface area is 171 Å². The fourth-order valence-corrected chi connectivity index (χ4v) is 4.09. The lowest BCUT2D eigenvalue weighted by Gasteiger charge is -2.38. The van der Waals surface area contributed by atoms with Crippen LogP contribution >= 0.6 is 0 Å². The summed E-state index contributed by atoms with van der Waals surface area (Å²) < 4.78 is 0. The molecule has 1 N–H and O–H groups in total. The van der Waals surface area contributed by atoms with Crippen molar-refractivity contribution in [2.75, 3.05) is 43.4 Å². The summed E-state index contributed by atoms with van der Waals surface area (Å²) in [5.41, 5.74) is 4.04. The van der Waals surface area contributed by atoms with Crippen molar-refractivity contribution in [1.29, 1.82) is 0 Å². The van der Waals surface area contributed by atoms with Crippen molar-refractivity contribution in [1.82, 2.24) is 4.90 Å². The van der Waals surface area contributed by atoms with E-state index in [0.29, 0.717) is 6.04 Å². The van der Waals surface area contributed by atoms with Gasteiger partial charge in [-0.15, -0.1) is 0 Å². The van der Waals surface area contributed by atoms with Crippen LogP contribution in [0.15, 0.2) is 54.6 Å². The summed E-state index contributed by atoms with van der Waals surface area (Å²) in [6.07, 6.45) is 7.50. The first-order valence-corrected chi connectivity index (χ1v) is 11.1. The molecule has 0 saturated carbocycles. The number of unbranched alkanes of at least 4 members (excludes halogenated alkanes) is 2. The highest BCUT2D eigenvalue weighted by Gasteiger charge is 2.22. The smallest absolute Gasteiger partial charge is 0.0366 e. The summed E-state index contributed by atoms with van der Waals surface area (Å²) in [5, 5.41) is 3.53. The van der Waals surface area contributed by atoms with Crippen molar-refractivity contribution in [2.24, 2.45) is 0 Å². The lowest BCUT2D eigenvalue weighted by Crippen LogP contribution is -2.44. The third kappa shape index (κ3) is 6.27. The van der Waals surface area contributed by atoms with Crippen LogP contribution in [0, 0.1) is 0 Å². The van der Waals surface area contributed by atoms with Gasteiger partial charge in [-0.3, -0.25) is 0 Å². The van der Waals surface area contributed by atoms with Crippen molar-refractivity contribution < 1.29 is 0 Å². The normalized spacial score (nSPS) is 15.5. The first-order valence-electron chi connectivity index (χ1n) is 11.1. The average Bonchev–Trinajstić information content (AvgIpc) is 2.76. The van der Waals surface area contributed by atoms with Gasteiger partial charge in [0.2, 0.25) is 0 Å². The van der Waals surface area contributed by atoms with Crippen molar-refractivity contribution in [2.45, 2.75) is 51.5 Å². The minimum absolute atomic E-state index is 0.664. The zero-order valence-electron chi connectivity index (χ0n) is 17.7. The first-order chi connectivity index (χ1) is 13.8. The number of rotatable bonds is 10. The number of piperidine rings is 1. The van der Waals surface area contributed by atoms with Crippen LogP contribution in [0.4, 0.5) is 11.4 Å². The molecule has 2 aromatic rings. The predicted octanol–water partition coefficient (Wildman–Crippen LogP) is 5.43. The molecular weight excluding hydrogens is 342 g/mol. The second-order valence-corrected chi connectivity index (χ2v) is 8.10. The number of nitrogens with zero attached hydrogens (tertiary/aromatic N) is 2. The highest BCUT2D eigenvalue weighted by atomic mass is 15.2. The summed E-state index contributed by atoms with van der Waals surface area (Å²) in [5.74, 6) is 0. The van der Waals surface area contributed by atoms with Gasteiger partial charge in [0.15, 0.2) is 0 Å². The second-order valence-electron chi connectivity index (χ2n) is 8.10. The van der Waals surface area contributed by atoms with Crippen LogP contribution in [0.25, 0.3) is 0 Å². The van der Waals surface area contributed by atoms with E-state index in [9.17, 15) is 0 Å². The van der Waals surface area contributed by atoms with Crippen molar-refractivity contribution in [3.63, 3.8) is 0 Å². The van der Waals surface area contributed by atoms with Crippen molar-refractivity contribution >= 4 is 11.4 Å². The van der Waals surface area contributed by atoms with E-state index in [-0.39, 0.29) is 0 Å². The second kappa shape index (κ2) is 11.1. The maximum absolute atomic E-state index is 3.53. The molecule has 0 aliphatic carbocycles. The molecule has 0 spiro atoms. The molecule has 152 valence electrons. The minimum atomic E-state index is 0.664. The standard InChI is InChI=1S/C25H37N3/c1-3-4-8-18-26-23-13-11-22(12-14-23)15-19-28-20-16-25(17-21-28)27(2)24-9-6-5-7-10-24/h5-7,9-14,25-26H,3-4,8,15-21H2,1-2H3. The van der Waals surface area contributed by atoms with E-state index in [1.807, 2.05) is 0 Å². The molecule has 0 bridgehead atoms. The van der Waals surface area contributed by atoms with Crippen LogP contribution in [0.1, 0.15) is 44.6 Å². The Bertz CT molecular complexity index is 660. The molecule has 3 rings (SSSR count). The van der Waals surface area contributed by atoms with Gasteiger partial charge in [0.25, 0.3) is 0 Å². The number of likely N-dealkylation sites (tertiary alicyclic amines) is 1. The zero-order valence-corrected chi connectivity index (χ0v) is 17.7. The van der Waals surface area contributed by atoms with E-state index in [1.165, 1.54) is 68.7 Å². The van der Waals surface area contributed by atoms with Crippen LogP contribution in [0.5, 0.6) is 0 Å². The van der Waals surface area contributed by atoms with E-state index in [1.54, 1.807) is 0 Å². The lowest BCUT2D eigenvalue weighted by molar-refractivity contribution is 0.213. The Morgan fingerprint density at radius 1 is 0.964 bits per heavy atom. The summed E-state index contributed by atoms with van der Waals surface area (Å²) in [6.45, 7) is 6.92. The quantitative estimate of drug-likeness (QED) is 0.555. The average molecular weight is 380 g/mol. The molecular formula is C25H37N3. The Balaban J connectivity index is 1.37. The van der Waals surface area contributed by atoms with E-state index in [4.69, 9.17) is 0 Å². The fourth-order valence-electron chi connectivity index (χ4n) is 4.09. The van der Waals surface area contributed by atoms with Crippen LogP contribution in [-0.2, 0) is 6.42 Å². The molecule has 1 saturated heterocycles. The monoisotopic (exact) mass is 379 g/mol. The van der Waals surface area contributed by atoms with Gasteiger partial charge in [-0.05, 0) is 55.5 Å². The SMILES string of the molecule is CCCCCNc1ccc(CCN2CCC(N(C)c3ccccc3)CC2)cc1. The molecule has 0 amide bonds. The van der Waals surface area contributed by atoms with Crippen molar-refractivity contribution in [3.8, 4) is 0 Å². The topological polar surface area (TPSA) is 18.5 Å². The third-order valence-corrected chi connectivity index (χ3v) is 6.05. The molecule has 28 heavy (non-hydrogen) atoms. The molecule has 0 atom stereocenters. The van der Waals surface area contributed by atoms with Gasteiger partial charge in [-0.25, -0.2) is 0 Å². The third-order valence-electron chi connectivity index (χ3n) is 6.05. The maximum atomic E-state index is 3.53. The Morgan fingerprint density at radius 3 is 2.36 bits per heavy atom. The number of benzene rings is 2. The van der Waals surface area contributed by atoms with Gasteiger partial charge >= 0.3 is 0 Å². The van der Waals surface area contributed by atoms with Gasteiger partial charge in [0.1, 0.15) is 0 Å². The first kappa shape index (κ1) is 20.7. The van der Waals surface area contributed by atoms with Crippen LogP contribution in [0.2, 0.25) is 0 Å². The lowest BCUT2D eigenvalue weighted by atomic mass is 10.0. The van der Waals surface area contributed by atoms with Crippen molar-refractivity contribution in [3.05, 3.63) is 60.2 Å². The van der Waals surface area contributed by atoms with E-state index >= 15 is 0 Å². The Hall–Kier alpha value is -2.00. The van der Waals surface area contributed by atoms with Gasteiger partial charge < -0.3 is 15.1 Å². The fraction of sp³-hybridized carbons (Fsp3) is 0.520. The van der Waals surface area contributed by atoms with Crippen LogP contribution < -0.4 is 10.2 Å². The number of hydrogen-bond donors (Lipinski definition) is 1. The number of hydrogen-bond acceptors (Lipinski definition) is 3. The molecule has 0 radical (unpaired) electrons. The Kier molecular flexibility index (Phi) is 8.23. The summed E-state index contributed by atoms with van der Waals surface area (Å²) >= 11 is 0. The predicted molar refractivity (Wildman–Crippen MR) is 122 cm³/mol. The number of nitrogens with one attached hydrogen (secondary N) is 1. The summed E-state index contributed by atoms with van der Waals surface area (Å²) in [6, 6.07) is 20.5. The summed E-state index contributed by atoms with van der Waals surface area (Å²) in [4.78, 5) is 5.09. The number of para-hydroxylation sites is 1. The molecule has 1 aliphatic heterocycles. The minimum Gasteiger partial charge on any atom is -0.385 e. The molecule has 1 heterocycles. The van der Waals surface area contributed by atoms with Gasteiger partial charge in [-0.1, -0.05) is 50.1 Å². The molecule has 1 fully saturated rings. The van der Waals surface area contributed by atoms with Crippen LogP contribution in [-0.4, -0.2) is 44.2 Å². The highest BCUT2D eigenvalue weighted by molar-refractivity contribution is 5.46. The van der Waals surface area contributed by atoms with E-state index in [2.05, 4.69) is 83.7 Å². The largest absolute Gasteiger partial charge is 0.385 e. The molecule has 3 heteroatoms. The zero-order chi connectivity index (χ0) is 19.6. The Morgan fingerprint density at radius 2 is 1.68 bits per heavy atom. The summed E-state index contributed by atoms with van der Waals surface area (Å²) in [7, 11) is 2.24. The molecule has 2 aromatic carbocycles. The maximum Gasteiger partial charge on any atom is 0.0366 e. The van der Waals surface area contributed by atoms with Gasteiger partial charge in [-0.2, -0.15) is 0 Å². The van der Waals surface area contributed by atoms with Gasteiger partial charge in [0, 0.05) is 50.6 Å². The number of anilines is 2.